The molecule has 0 aromatic carbocycles. The Morgan fingerprint density at radius 3 is 2.33 bits per heavy atom. The summed E-state index contributed by atoms with van der Waals surface area (Å²) in [7, 11) is 0. The van der Waals surface area contributed by atoms with Gasteiger partial charge in [0.2, 0.25) is 5.91 Å². The largest absolute Gasteiger partial charge is 0.342 e. The second-order valence-electron chi connectivity index (χ2n) is 3.70. The number of hydrogen-bond donors (Lipinski definition) is 1. The Labute approximate surface area is 110 Å². The van der Waals surface area contributed by atoms with Crippen molar-refractivity contribution in [1.29, 1.82) is 0 Å². The maximum atomic E-state index is 11.0. The van der Waals surface area contributed by atoms with Gasteiger partial charge in [0.25, 0.3) is 0 Å². The number of alkyl halides is 3. The highest BCUT2D eigenvalue weighted by Crippen LogP contribution is 2.34. The minimum absolute atomic E-state index is 0.0755. The van der Waals surface area contributed by atoms with Crippen LogP contribution in [-0.4, -0.2) is 27.2 Å². The van der Waals surface area contributed by atoms with E-state index in [1.54, 1.807) is 0 Å². The molecule has 15 heavy (non-hydrogen) atoms. The molecule has 0 aliphatic rings. The van der Waals surface area contributed by atoms with E-state index in [0.29, 0.717) is 5.92 Å². The summed E-state index contributed by atoms with van der Waals surface area (Å²) < 4.78 is -1.13. The third-order valence-corrected chi connectivity index (χ3v) is 4.86. The summed E-state index contributed by atoms with van der Waals surface area (Å²) in [5.74, 6) is 1.28. The average molecular weight is 293 g/mol. The van der Waals surface area contributed by atoms with Crippen LogP contribution in [0.1, 0.15) is 20.8 Å². The molecule has 1 unspecified atom stereocenters. The van der Waals surface area contributed by atoms with Crippen molar-refractivity contribution in [3.63, 3.8) is 0 Å². The fourth-order valence-electron chi connectivity index (χ4n) is 0.813. The topological polar surface area (TPSA) is 29.1 Å². The van der Waals surface area contributed by atoms with Crippen LogP contribution in [0.4, 0.5) is 0 Å². The second kappa shape index (κ2) is 7.10. The van der Waals surface area contributed by atoms with E-state index in [2.05, 4.69) is 19.2 Å². The van der Waals surface area contributed by atoms with Crippen LogP contribution < -0.4 is 5.32 Å². The summed E-state index contributed by atoms with van der Waals surface area (Å²) in [6, 6.07) is 0. The first-order valence-electron chi connectivity index (χ1n) is 4.62. The molecule has 2 nitrogen and oxygen atoms in total. The van der Waals surface area contributed by atoms with Gasteiger partial charge in [-0.1, -0.05) is 37.0 Å². The highest BCUT2D eigenvalue weighted by Gasteiger charge is 2.35. The first-order chi connectivity index (χ1) is 6.79. The number of nitrogens with one attached hydrogen (secondary N) is 1. The molecule has 0 spiro atoms. The zero-order chi connectivity index (χ0) is 12.1. The van der Waals surface area contributed by atoms with Crippen LogP contribution in [-0.2, 0) is 4.79 Å². The van der Waals surface area contributed by atoms with Crippen LogP contribution >= 0.6 is 46.6 Å². The Morgan fingerprint density at radius 1 is 1.47 bits per heavy atom. The van der Waals surface area contributed by atoms with Gasteiger partial charge in [0.1, 0.15) is 5.37 Å². The van der Waals surface area contributed by atoms with Gasteiger partial charge in [-0.15, -0.1) is 23.4 Å². The van der Waals surface area contributed by atoms with E-state index in [1.807, 2.05) is 0 Å². The first kappa shape index (κ1) is 15.7. The summed E-state index contributed by atoms with van der Waals surface area (Å²) >= 11 is 19.2. The van der Waals surface area contributed by atoms with E-state index in [4.69, 9.17) is 34.8 Å². The number of carbonyl (C=O) groups excluding carboxylic acids is 1. The maximum Gasteiger partial charge on any atom is 0.217 e. The van der Waals surface area contributed by atoms with Gasteiger partial charge in [0.15, 0.2) is 4.33 Å². The van der Waals surface area contributed by atoms with Crippen molar-refractivity contribution in [3.05, 3.63) is 0 Å². The van der Waals surface area contributed by atoms with Gasteiger partial charge in [0.05, 0.1) is 5.88 Å². The Kier molecular flexibility index (Phi) is 7.43. The molecule has 1 amide bonds. The van der Waals surface area contributed by atoms with Crippen LogP contribution in [0.5, 0.6) is 0 Å². The molecule has 6 heteroatoms. The third kappa shape index (κ3) is 6.77. The van der Waals surface area contributed by atoms with Crippen LogP contribution in [0.25, 0.3) is 0 Å². The molecular weight excluding hydrogens is 277 g/mol. The van der Waals surface area contributed by atoms with Crippen molar-refractivity contribution in [2.45, 2.75) is 30.5 Å². The summed E-state index contributed by atoms with van der Waals surface area (Å²) in [6.07, 6.45) is 0. The van der Waals surface area contributed by atoms with Gasteiger partial charge in [-0.2, -0.15) is 0 Å². The summed E-state index contributed by atoms with van der Waals surface area (Å²) in [4.78, 5) is 11.0. The van der Waals surface area contributed by atoms with Crippen LogP contribution in [0.15, 0.2) is 0 Å². The Hall–Kier alpha value is 0.690. The molecule has 0 heterocycles. The number of thioether (sulfide) groups is 1. The van der Waals surface area contributed by atoms with E-state index >= 15 is 0 Å². The molecular formula is C9H16Cl3NOS. The quantitative estimate of drug-likeness (QED) is 0.601. The molecule has 0 bridgehead atoms. The Morgan fingerprint density at radius 2 is 2.00 bits per heavy atom. The molecule has 0 fully saturated rings. The maximum absolute atomic E-state index is 11.0. The fraction of sp³-hybridized carbons (Fsp3) is 0.889. The summed E-state index contributed by atoms with van der Waals surface area (Å²) in [5.41, 5.74) is 0. The monoisotopic (exact) mass is 291 g/mol. The van der Waals surface area contributed by atoms with E-state index in [-0.39, 0.29) is 17.2 Å². The van der Waals surface area contributed by atoms with Gasteiger partial charge in [-0.05, 0) is 11.7 Å². The smallest absolute Gasteiger partial charge is 0.217 e. The Bertz CT molecular complexity index is 212. The molecule has 90 valence electrons. The highest BCUT2D eigenvalue weighted by molar-refractivity contribution is 8.00. The first-order valence-corrected chi connectivity index (χ1v) is 6.96. The van der Waals surface area contributed by atoms with Crippen molar-refractivity contribution in [3.8, 4) is 0 Å². The van der Waals surface area contributed by atoms with Gasteiger partial charge in [-0.25, -0.2) is 0 Å². The SMILES string of the molecule is CC(=O)NC(SCC(C)C)C(Cl)(Cl)CCl. The standard InChI is InChI=1S/C9H16Cl3NOS/c1-6(2)4-15-8(13-7(3)14)9(11,12)5-10/h6,8H,4-5H2,1-3H3,(H,13,14). The number of carbonyl (C=O) groups is 1. The van der Waals surface area contributed by atoms with Gasteiger partial charge < -0.3 is 5.32 Å². The number of halogens is 3. The van der Waals surface area contributed by atoms with Crippen molar-refractivity contribution in [2.75, 3.05) is 11.6 Å². The minimum atomic E-state index is -1.13. The van der Waals surface area contributed by atoms with Crippen molar-refractivity contribution < 1.29 is 4.79 Å². The lowest BCUT2D eigenvalue weighted by Gasteiger charge is -2.28. The number of rotatable bonds is 6. The molecule has 0 aromatic rings. The lowest BCUT2D eigenvalue weighted by Crippen LogP contribution is -2.44. The van der Waals surface area contributed by atoms with Gasteiger partial charge in [-0.3, -0.25) is 4.79 Å². The van der Waals surface area contributed by atoms with E-state index in [0.717, 1.165) is 5.75 Å². The highest BCUT2D eigenvalue weighted by atomic mass is 35.5. The van der Waals surface area contributed by atoms with E-state index in [9.17, 15) is 4.79 Å². The van der Waals surface area contributed by atoms with Crippen molar-refractivity contribution in [1.82, 2.24) is 5.32 Å². The normalized spacial score (nSPS) is 14.1. The van der Waals surface area contributed by atoms with Crippen molar-refractivity contribution in [2.24, 2.45) is 5.92 Å². The van der Waals surface area contributed by atoms with Gasteiger partial charge in [0, 0.05) is 6.92 Å². The average Bonchev–Trinajstić information content (AvgIpc) is 2.11. The molecule has 1 N–H and O–H groups in total. The predicted octanol–water partition coefficient (Wildman–Crippen LogP) is 3.25. The van der Waals surface area contributed by atoms with Crippen LogP contribution in [0.2, 0.25) is 0 Å². The van der Waals surface area contributed by atoms with E-state index < -0.39 is 4.33 Å². The van der Waals surface area contributed by atoms with Crippen LogP contribution in [0, 0.1) is 5.92 Å². The molecule has 0 saturated heterocycles. The zero-order valence-corrected chi connectivity index (χ0v) is 12.1. The lowest BCUT2D eigenvalue weighted by atomic mass is 10.3. The third-order valence-electron chi connectivity index (χ3n) is 1.49. The fourth-order valence-corrected chi connectivity index (χ4v) is 2.70. The van der Waals surface area contributed by atoms with Gasteiger partial charge >= 0.3 is 0 Å². The number of hydrogen-bond acceptors (Lipinski definition) is 2. The predicted molar refractivity (Wildman–Crippen MR) is 70.1 cm³/mol. The zero-order valence-electron chi connectivity index (χ0n) is 9.02. The number of amides is 1. The minimum Gasteiger partial charge on any atom is -0.342 e. The summed E-state index contributed by atoms with van der Waals surface area (Å²) in [5, 5.41) is 2.33. The molecule has 0 saturated carbocycles. The second-order valence-corrected chi connectivity index (χ2v) is 6.65. The molecule has 0 rings (SSSR count). The Balaban J connectivity index is 4.37. The van der Waals surface area contributed by atoms with E-state index in [1.165, 1.54) is 18.7 Å². The molecule has 1 atom stereocenters. The van der Waals surface area contributed by atoms with Crippen molar-refractivity contribution >= 4 is 52.5 Å². The summed E-state index contributed by atoms with van der Waals surface area (Å²) in [6.45, 7) is 5.60. The molecule has 0 radical (unpaired) electrons. The molecule has 0 aliphatic heterocycles. The molecule has 0 aromatic heterocycles. The van der Waals surface area contributed by atoms with Crippen LogP contribution in [0.3, 0.4) is 0 Å². The lowest BCUT2D eigenvalue weighted by molar-refractivity contribution is -0.119. The molecule has 0 aliphatic carbocycles.